The van der Waals surface area contributed by atoms with Gasteiger partial charge in [-0.2, -0.15) is 0 Å². The average molecular weight is 565 g/mol. The van der Waals surface area contributed by atoms with Gasteiger partial charge in [-0.25, -0.2) is 0 Å². The van der Waals surface area contributed by atoms with E-state index in [1.165, 1.54) is 0 Å². The van der Waals surface area contributed by atoms with Crippen molar-refractivity contribution >= 4 is 27.5 Å². The van der Waals surface area contributed by atoms with Gasteiger partial charge in [-0.15, -0.1) is 0 Å². The van der Waals surface area contributed by atoms with Crippen LogP contribution in [0.1, 0.15) is 75.3 Å². The second-order valence-corrected chi connectivity index (χ2v) is 13.1. The van der Waals surface area contributed by atoms with Crippen molar-refractivity contribution in [3.8, 4) is 17.2 Å². The zero-order valence-electron chi connectivity index (χ0n) is 22.7. The van der Waals surface area contributed by atoms with E-state index in [4.69, 9.17) is 9.47 Å². The Morgan fingerprint density at radius 3 is 2.16 bits per heavy atom. The van der Waals surface area contributed by atoms with E-state index in [0.29, 0.717) is 17.2 Å². The van der Waals surface area contributed by atoms with Crippen molar-refractivity contribution in [2.24, 2.45) is 0 Å². The number of methoxy groups -OCH3 is 1. The van der Waals surface area contributed by atoms with Crippen molar-refractivity contribution in [1.29, 1.82) is 0 Å². The molecular formula is C31H34BrNO4. The molecule has 1 spiro atoms. The Balaban J connectivity index is 1.88. The summed E-state index contributed by atoms with van der Waals surface area (Å²) in [7, 11) is 3.42. The number of phenolic OH excluding ortho intramolecular Hbond substituents is 1. The predicted octanol–water partition coefficient (Wildman–Crippen LogP) is 7.15. The second-order valence-electron chi connectivity index (χ2n) is 12.2. The van der Waals surface area contributed by atoms with Gasteiger partial charge in [-0.3, -0.25) is 4.79 Å². The summed E-state index contributed by atoms with van der Waals surface area (Å²) in [6.45, 7) is 12.6. The Morgan fingerprint density at radius 2 is 1.59 bits per heavy atom. The maximum atomic E-state index is 14.2. The molecule has 0 bridgehead atoms. The summed E-state index contributed by atoms with van der Waals surface area (Å²) >= 11 is 3.62. The van der Waals surface area contributed by atoms with Crippen molar-refractivity contribution in [2.45, 2.75) is 63.9 Å². The summed E-state index contributed by atoms with van der Waals surface area (Å²) in [5, 5.41) is 11.4. The van der Waals surface area contributed by atoms with E-state index in [1.54, 1.807) is 19.1 Å². The van der Waals surface area contributed by atoms with Gasteiger partial charge in [-0.1, -0.05) is 75.7 Å². The SMILES string of the molecule is COc1ccc2c(c1)O[C@]1(C(=O)N(C)c3ccc(Br)cc31)[C@@H]2c1cc(C(C)(C)C)c(O)c(C(C)(C)C)c1. The minimum absolute atomic E-state index is 0.122. The number of carbonyl (C=O) groups is 1. The zero-order valence-corrected chi connectivity index (χ0v) is 24.3. The number of rotatable bonds is 2. The number of phenols is 1. The van der Waals surface area contributed by atoms with Crippen LogP contribution in [0.2, 0.25) is 0 Å². The number of nitrogens with zero attached hydrogens (tertiary/aromatic N) is 1. The molecule has 5 nitrogen and oxygen atoms in total. The van der Waals surface area contributed by atoms with Crippen molar-refractivity contribution < 1.29 is 19.4 Å². The van der Waals surface area contributed by atoms with E-state index in [2.05, 4.69) is 69.6 Å². The number of benzene rings is 3. The lowest BCUT2D eigenvalue weighted by molar-refractivity contribution is -0.132. The molecule has 2 aliphatic rings. The lowest BCUT2D eigenvalue weighted by Crippen LogP contribution is -2.45. The summed E-state index contributed by atoms with van der Waals surface area (Å²) in [6, 6.07) is 15.8. The largest absolute Gasteiger partial charge is 0.507 e. The third-order valence-corrected chi connectivity index (χ3v) is 8.13. The van der Waals surface area contributed by atoms with Gasteiger partial charge in [0, 0.05) is 28.7 Å². The minimum Gasteiger partial charge on any atom is -0.507 e. The van der Waals surface area contributed by atoms with Gasteiger partial charge in [-0.05, 0) is 51.8 Å². The monoisotopic (exact) mass is 563 g/mol. The summed E-state index contributed by atoms with van der Waals surface area (Å²) in [5.41, 5.74) is 3.28. The molecule has 3 aromatic carbocycles. The van der Waals surface area contributed by atoms with Crippen LogP contribution in [0.3, 0.4) is 0 Å². The van der Waals surface area contributed by atoms with Crippen LogP contribution in [0.4, 0.5) is 5.69 Å². The molecule has 1 amide bonds. The minimum atomic E-state index is -1.29. The lowest BCUT2D eigenvalue weighted by Gasteiger charge is -2.33. The first-order valence-corrected chi connectivity index (χ1v) is 13.3. The number of hydrogen-bond donors (Lipinski definition) is 1. The Labute approximate surface area is 227 Å². The summed E-state index contributed by atoms with van der Waals surface area (Å²) < 4.78 is 13.1. The molecule has 0 aliphatic carbocycles. The Hall–Kier alpha value is -2.99. The van der Waals surface area contributed by atoms with E-state index in [-0.39, 0.29) is 16.7 Å². The molecule has 0 saturated carbocycles. The zero-order chi connectivity index (χ0) is 27.1. The van der Waals surface area contributed by atoms with Crippen molar-refractivity contribution in [2.75, 3.05) is 19.1 Å². The molecule has 0 fully saturated rings. The van der Waals surface area contributed by atoms with Crippen LogP contribution >= 0.6 is 15.9 Å². The normalized spacial score (nSPS) is 20.7. The number of anilines is 1. The molecule has 194 valence electrons. The molecule has 37 heavy (non-hydrogen) atoms. The van der Waals surface area contributed by atoms with Crippen LogP contribution in [0.15, 0.2) is 53.0 Å². The predicted molar refractivity (Wildman–Crippen MR) is 150 cm³/mol. The van der Waals surface area contributed by atoms with Gasteiger partial charge in [0.05, 0.1) is 18.7 Å². The van der Waals surface area contributed by atoms with E-state index in [9.17, 15) is 9.90 Å². The number of ether oxygens (including phenoxy) is 2. The van der Waals surface area contributed by atoms with Gasteiger partial charge in [0.25, 0.3) is 5.91 Å². The highest BCUT2D eigenvalue weighted by Gasteiger charge is 2.62. The second kappa shape index (κ2) is 8.26. The van der Waals surface area contributed by atoms with E-state index in [0.717, 1.165) is 38.0 Å². The molecule has 5 rings (SSSR count). The fourth-order valence-corrected chi connectivity index (χ4v) is 6.11. The van der Waals surface area contributed by atoms with Crippen molar-refractivity contribution in [1.82, 2.24) is 0 Å². The van der Waals surface area contributed by atoms with Gasteiger partial charge >= 0.3 is 0 Å². The maximum Gasteiger partial charge on any atom is 0.276 e. The van der Waals surface area contributed by atoms with Crippen molar-refractivity contribution in [3.63, 3.8) is 0 Å². The Bertz CT molecular complexity index is 1400. The molecule has 0 aromatic heterocycles. The van der Waals surface area contributed by atoms with Gasteiger partial charge in [0.2, 0.25) is 5.60 Å². The van der Waals surface area contributed by atoms with Crippen LogP contribution in [-0.4, -0.2) is 25.2 Å². The third-order valence-electron chi connectivity index (χ3n) is 7.63. The Morgan fingerprint density at radius 1 is 0.973 bits per heavy atom. The smallest absolute Gasteiger partial charge is 0.276 e. The van der Waals surface area contributed by atoms with Crippen LogP contribution in [0.5, 0.6) is 17.2 Å². The number of halogens is 1. The third kappa shape index (κ3) is 3.75. The highest BCUT2D eigenvalue weighted by Crippen LogP contribution is 2.60. The number of amides is 1. The first kappa shape index (κ1) is 25.7. The topological polar surface area (TPSA) is 59.0 Å². The standard InChI is InChI=1S/C31H34BrNO4/c1-29(2,3)22-13-17(14-23(27(22)34)30(4,5)6)26-20-11-10-19(36-8)16-25(20)37-31(26)21-15-18(32)9-12-24(21)33(7)28(31)35/h9-16,26,34H,1-8H3/t26-,31+/m1/s1. The van der Waals surface area contributed by atoms with E-state index < -0.39 is 11.5 Å². The molecule has 6 heteroatoms. The van der Waals surface area contributed by atoms with Crippen LogP contribution in [0, 0.1) is 0 Å². The molecule has 2 aliphatic heterocycles. The van der Waals surface area contributed by atoms with Gasteiger partial charge < -0.3 is 19.5 Å². The maximum absolute atomic E-state index is 14.2. The quantitative estimate of drug-likeness (QED) is 0.359. The van der Waals surface area contributed by atoms with E-state index in [1.807, 2.05) is 36.4 Å². The van der Waals surface area contributed by atoms with Crippen LogP contribution < -0.4 is 14.4 Å². The molecule has 2 heterocycles. The summed E-state index contributed by atoms with van der Waals surface area (Å²) in [5.74, 6) is 1.05. The number of carbonyl (C=O) groups excluding carboxylic acids is 1. The van der Waals surface area contributed by atoms with Gasteiger partial charge in [0.1, 0.15) is 17.2 Å². The highest BCUT2D eigenvalue weighted by atomic mass is 79.9. The lowest BCUT2D eigenvalue weighted by atomic mass is 9.71. The van der Waals surface area contributed by atoms with Crippen molar-refractivity contribution in [3.05, 3.63) is 80.8 Å². The van der Waals surface area contributed by atoms with E-state index >= 15 is 0 Å². The molecule has 0 saturated heterocycles. The number of likely N-dealkylation sites (N-methyl/N-ethyl adjacent to an activating group) is 1. The molecule has 3 aromatic rings. The molecule has 0 unspecified atom stereocenters. The fourth-order valence-electron chi connectivity index (χ4n) is 5.75. The number of aromatic hydroxyl groups is 1. The van der Waals surface area contributed by atoms with Gasteiger partial charge in [0.15, 0.2) is 0 Å². The van der Waals surface area contributed by atoms with Crippen LogP contribution in [0.25, 0.3) is 0 Å². The molecule has 0 radical (unpaired) electrons. The first-order chi connectivity index (χ1) is 17.2. The molecule has 2 atom stereocenters. The first-order valence-electron chi connectivity index (χ1n) is 12.5. The molecular weight excluding hydrogens is 530 g/mol. The fraction of sp³-hybridized carbons (Fsp3) is 0.387. The van der Waals surface area contributed by atoms with Crippen LogP contribution in [-0.2, 0) is 21.2 Å². The average Bonchev–Trinajstić information content (AvgIpc) is 3.25. The number of hydrogen-bond acceptors (Lipinski definition) is 4. The molecule has 1 N–H and O–H groups in total. The Kier molecular flexibility index (Phi) is 5.72. The summed E-state index contributed by atoms with van der Waals surface area (Å²) in [4.78, 5) is 15.9. The number of fused-ring (bicyclic) bond motifs is 3. The highest BCUT2D eigenvalue weighted by molar-refractivity contribution is 9.10. The summed E-state index contributed by atoms with van der Waals surface area (Å²) in [6.07, 6.45) is 0.